The van der Waals surface area contributed by atoms with Crippen molar-refractivity contribution < 1.29 is 4.79 Å². The molecule has 2 aliphatic rings. The zero-order chi connectivity index (χ0) is 15.2. The number of hydrogen-bond donors (Lipinski definition) is 2. The summed E-state index contributed by atoms with van der Waals surface area (Å²) in [5, 5.41) is 9.74. The molecule has 1 aliphatic carbocycles. The summed E-state index contributed by atoms with van der Waals surface area (Å²) in [5.74, 6) is 0.837. The second kappa shape index (κ2) is 8.06. The molecule has 122 valence electrons. The number of thiazole rings is 1. The predicted octanol–water partition coefficient (Wildman–Crippen LogP) is 2.99. The zero-order valence-electron chi connectivity index (χ0n) is 13.3. The highest BCUT2D eigenvalue weighted by atomic mass is 32.1. The Labute approximate surface area is 137 Å². The Kier molecular flexibility index (Phi) is 5.84. The van der Waals surface area contributed by atoms with Crippen LogP contribution in [0.4, 0.5) is 0 Å². The number of nitrogens with one attached hydrogen (secondary N) is 2. The van der Waals surface area contributed by atoms with E-state index in [1.54, 1.807) is 11.3 Å². The van der Waals surface area contributed by atoms with E-state index in [1.807, 2.05) is 0 Å². The number of aromatic nitrogens is 1. The highest BCUT2D eigenvalue weighted by molar-refractivity contribution is 7.09. The van der Waals surface area contributed by atoms with Crippen molar-refractivity contribution in [3.8, 4) is 0 Å². The van der Waals surface area contributed by atoms with Crippen molar-refractivity contribution in [1.29, 1.82) is 0 Å². The third kappa shape index (κ3) is 4.29. The molecule has 0 aromatic carbocycles. The summed E-state index contributed by atoms with van der Waals surface area (Å²) < 4.78 is 0. The molecule has 3 rings (SSSR count). The van der Waals surface area contributed by atoms with E-state index in [0.29, 0.717) is 12.5 Å². The second-order valence-electron chi connectivity index (χ2n) is 6.54. The highest BCUT2D eigenvalue weighted by Gasteiger charge is 2.20. The normalized spacial score (nSPS) is 23.4. The van der Waals surface area contributed by atoms with Crippen LogP contribution in [-0.4, -0.2) is 30.0 Å². The van der Waals surface area contributed by atoms with Crippen molar-refractivity contribution in [3.05, 3.63) is 16.1 Å². The maximum atomic E-state index is 12.1. The van der Waals surface area contributed by atoms with Crippen LogP contribution in [0.3, 0.4) is 0 Å². The molecule has 0 spiro atoms. The Balaban J connectivity index is 1.41. The van der Waals surface area contributed by atoms with E-state index in [2.05, 4.69) is 16.0 Å². The van der Waals surface area contributed by atoms with Gasteiger partial charge in [0.1, 0.15) is 0 Å². The number of amides is 1. The third-order valence-corrected chi connectivity index (χ3v) is 5.78. The van der Waals surface area contributed by atoms with Crippen LogP contribution < -0.4 is 10.6 Å². The van der Waals surface area contributed by atoms with E-state index in [0.717, 1.165) is 30.8 Å². The lowest BCUT2D eigenvalue weighted by Crippen LogP contribution is -2.47. The first-order valence-corrected chi connectivity index (χ1v) is 9.66. The monoisotopic (exact) mass is 321 g/mol. The first-order chi connectivity index (χ1) is 10.8. The van der Waals surface area contributed by atoms with E-state index in [1.165, 1.54) is 44.2 Å². The lowest BCUT2D eigenvalue weighted by Gasteiger charge is -2.22. The first-order valence-electron chi connectivity index (χ1n) is 8.78. The van der Waals surface area contributed by atoms with Crippen molar-refractivity contribution in [2.75, 3.05) is 13.1 Å². The van der Waals surface area contributed by atoms with Crippen molar-refractivity contribution in [1.82, 2.24) is 15.6 Å². The molecule has 1 saturated carbocycles. The van der Waals surface area contributed by atoms with Gasteiger partial charge < -0.3 is 10.6 Å². The molecule has 1 aromatic rings. The average Bonchev–Trinajstić information content (AvgIpc) is 3.05. The Hall–Kier alpha value is -0.940. The molecule has 1 amide bonds. The van der Waals surface area contributed by atoms with Gasteiger partial charge in [0.2, 0.25) is 5.91 Å². The summed E-state index contributed by atoms with van der Waals surface area (Å²) in [6.45, 7) is 1.67. The van der Waals surface area contributed by atoms with Gasteiger partial charge in [0.15, 0.2) is 0 Å². The molecule has 0 unspecified atom stereocenters. The number of hydrogen-bond acceptors (Lipinski definition) is 4. The summed E-state index contributed by atoms with van der Waals surface area (Å²) in [5.41, 5.74) is 1.29. The molecule has 2 fully saturated rings. The summed E-state index contributed by atoms with van der Waals surface area (Å²) in [6, 6.07) is 0.0165. The molecular formula is C17H27N3OS. The van der Waals surface area contributed by atoms with Crippen LogP contribution in [0.1, 0.15) is 68.0 Å². The van der Waals surface area contributed by atoms with Crippen molar-refractivity contribution in [3.63, 3.8) is 0 Å². The second-order valence-corrected chi connectivity index (χ2v) is 7.49. The van der Waals surface area contributed by atoms with Crippen molar-refractivity contribution in [2.45, 2.75) is 69.7 Å². The summed E-state index contributed by atoms with van der Waals surface area (Å²) >= 11 is 1.75. The van der Waals surface area contributed by atoms with Crippen LogP contribution in [0.5, 0.6) is 0 Å². The van der Waals surface area contributed by atoms with Gasteiger partial charge in [-0.25, -0.2) is 4.98 Å². The molecule has 1 aromatic heterocycles. The number of nitrogens with zero attached hydrogens (tertiary/aromatic N) is 1. The molecule has 5 heteroatoms. The van der Waals surface area contributed by atoms with Crippen molar-refractivity contribution >= 4 is 17.2 Å². The molecule has 2 heterocycles. The van der Waals surface area contributed by atoms with Crippen LogP contribution in [0.25, 0.3) is 0 Å². The van der Waals surface area contributed by atoms with Gasteiger partial charge in [-0.15, -0.1) is 11.3 Å². The number of carbonyl (C=O) groups is 1. The van der Waals surface area contributed by atoms with E-state index in [-0.39, 0.29) is 11.9 Å². The quantitative estimate of drug-likeness (QED) is 0.876. The van der Waals surface area contributed by atoms with Crippen LogP contribution in [0, 0.1) is 0 Å². The standard InChI is InChI=1S/C17H27N3OS/c21-17(14-8-4-5-10-18-14)19-11-9-16-20-15(12-22-16)13-6-2-1-3-7-13/h12-14,18H,1-11H2,(H,19,21)/t14-/m1/s1. The average molecular weight is 321 g/mol. The molecule has 0 radical (unpaired) electrons. The van der Waals surface area contributed by atoms with E-state index in [9.17, 15) is 4.79 Å². The maximum absolute atomic E-state index is 12.1. The zero-order valence-corrected chi connectivity index (χ0v) is 14.1. The molecule has 1 atom stereocenters. The largest absolute Gasteiger partial charge is 0.354 e. The van der Waals surface area contributed by atoms with Crippen molar-refractivity contribution in [2.24, 2.45) is 0 Å². The SMILES string of the molecule is O=C(NCCc1nc(C2CCCCC2)cs1)[C@H]1CCCCN1. The van der Waals surface area contributed by atoms with E-state index < -0.39 is 0 Å². The van der Waals surface area contributed by atoms with E-state index >= 15 is 0 Å². The summed E-state index contributed by atoms with van der Waals surface area (Å²) in [6.07, 6.45) is 10.8. The molecule has 1 saturated heterocycles. The smallest absolute Gasteiger partial charge is 0.237 e. The lowest BCUT2D eigenvalue weighted by molar-refractivity contribution is -0.123. The fourth-order valence-electron chi connectivity index (χ4n) is 3.52. The molecule has 0 bridgehead atoms. The van der Waals surface area contributed by atoms with E-state index in [4.69, 9.17) is 4.98 Å². The van der Waals surface area contributed by atoms with Crippen LogP contribution >= 0.6 is 11.3 Å². The third-order valence-electron chi connectivity index (χ3n) is 4.86. The molecule has 22 heavy (non-hydrogen) atoms. The van der Waals surface area contributed by atoms with Gasteiger partial charge >= 0.3 is 0 Å². The predicted molar refractivity (Wildman–Crippen MR) is 90.3 cm³/mol. The van der Waals surface area contributed by atoms with Gasteiger partial charge in [-0.1, -0.05) is 25.7 Å². The number of piperidine rings is 1. The summed E-state index contributed by atoms with van der Waals surface area (Å²) in [4.78, 5) is 16.8. The first kappa shape index (κ1) is 15.9. The minimum Gasteiger partial charge on any atom is -0.354 e. The topological polar surface area (TPSA) is 54.0 Å². The maximum Gasteiger partial charge on any atom is 0.237 e. The number of carbonyl (C=O) groups excluding carboxylic acids is 1. The van der Waals surface area contributed by atoms with Gasteiger partial charge in [-0.2, -0.15) is 0 Å². The molecule has 2 N–H and O–H groups in total. The Morgan fingerprint density at radius 3 is 2.82 bits per heavy atom. The van der Waals surface area contributed by atoms with Crippen LogP contribution in [0.2, 0.25) is 0 Å². The Morgan fingerprint density at radius 1 is 1.23 bits per heavy atom. The fraction of sp³-hybridized carbons (Fsp3) is 0.765. The minimum absolute atomic E-state index is 0.0165. The Morgan fingerprint density at radius 2 is 2.05 bits per heavy atom. The van der Waals surface area contributed by atoms with Gasteiger partial charge in [-0.05, 0) is 32.2 Å². The molecular weight excluding hydrogens is 294 g/mol. The molecule has 4 nitrogen and oxygen atoms in total. The van der Waals surface area contributed by atoms with Gasteiger partial charge in [0, 0.05) is 24.3 Å². The lowest BCUT2D eigenvalue weighted by atomic mass is 9.87. The Bertz CT molecular complexity index is 476. The van der Waals surface area contributed by atoms with Crippen LogP contribution in [0.15, 0.2) is 5.38 Å². The van der Waals surface area contributed by atoms with Gasteiger partial charge in [0.05, 0.1) is 16.7 Å². The minimum atomic E-state index is 0.0165. The summed E-state index contributed by atoms with van der Waals surface area (Å²) in [7, 11) is 0. The fourth-order valence-corrected chi connectivity index (χ4v) is 4.40. The highest BCUT2D eigenvalue weighted by Crippen LogP contribution is 2.33. The van der Waals surface area contributed by atoms with Gasteiger partial charge in [0.25, 0.3) is 0 Å². The van der Waals surface area contributed by atoms with Gasteiger partial charge in [-0.3, -0.25) is 4.79 Å². The molecule has 1 aliphatic heterocycles. The number of rotatable bonds is 5. The van der Waals surface area contributed by atoms with Crippen LogP contribution in [-0.2, 0) is 11.2 Å².